The number of methoxy groups -OCH3 is 1. The molecule has 0 aliphatic carbocycles. The molecule has 1 aromatic heterocycles. The van der Waals surface area contributed by atoms with Gasteiger partial charge in [0.25, 0.3) is 5.91 Å². The third kappa shape index (κ3) is 6.01. The van der Waals surface area contributed by atoms with Gasteiger partial charge in [0.2, 0.25) is 5.95 Å². The van der Waals surface area contributed by atoms with Crippen molar-refractivity contribution in [3.63, 3.8) is 0 Å². The second-order valence-electron chi connectivity index (χ2n) is 9.01. The maximum Gasteiger partial charge on any atom is 0.259 e. The zero-order valence-corrected chi connectivity index (χ0v) is 22.1. The van der Waals surface area contributed by atoms with Gasteiger partial charge in [-0.3, -0.25) is 9.80 Å². The van der Waals surface area contributed by atoms with E-state index in [1.165, 1.54) is 0 Å². The molecule has 3 heterocycles. The molecule has 0 bridgehead atoms. The highest BCUT2D eigenvalue weighted by Gasteiger charge is 2.24. The third-order valence-electron chi connectivity index (χ3n) is 6.42. The first kappa shape index (κ1) is 26.8. The number of hydrogen-bond donors (Lipinski definition) is 4. The summed E-state index contributed by atoms with van der Waals surface area (Å²) in [5, 5.41) is 18.4. The Morgan fingerprint density at radius 3 is 2.79 bits per heavy atom. The van der Waals surface area contributed by atoms with Gasteiger partial charge in [-0.2, -0.15) is 0 Å². The summed E-state index contributed by atoms with van der Waals surface area (Å²) < 4.78 is 5.57. The number of carbonyl (C=O) groups excluding carboxylic acids is 1. The van der Waals surface area contributed by atoms with Crippen LogP contribution in [-0.2, 0) is 13.0 Å². The Kier molecular flexibility index (Phi) is 8.72. The van der Waals surface area contributed by atoms with Gasteiger partial charge < -0.3 is 20.1 Å². The van der Waals surface area contributed by atoms with Gasteiger partial charge in [0.1, 0.15) is 5.75 Å². The van der Waals surface area contributed by atoms with Gasteiger partial charge in [0, 0.05) is 31.2 Å². The van der Waals surface area contributed by atoms with E-state index in [9.17, 15) is 9.90 Å². The van der Waals surface area contributed by atoms with Crippen molar-refractivity contribution < 1.29 is 14.6 Å². The largest absolute Gasteiger partial charge is 0.496 e. The smallest absolute Gasteiger partial charge is 0.259 e. The molecule has 0 radical (unpaired) electrons. The van der Waals surface area contributed by atoms with Crippen molar-refractivity contribution in [2.45, 2.75) is 39.8 Å². The van der Waals surface area contributed by atoms with Crippen LogP contribution in [0.2, 0.25) is 0 Å². The molecule has 11 nitrogen and oxygen atoms in total. The number of carbonyl (C=O) groups is 1. The Bertz CT molecular complexity index is 1270. The number of fused-ring (bicyclic) bond motifs is 1. The van der Waals surface area contributed by atoms with Crippen LogP contribution in [0.1, 0.15) is 42.3 Å². The first-order valence-corrected chi connectivity index (χ1v) is 12.5. The van der Waals surface area contributed by atoms with Crippen molar-refractivity contribution >= 4 is 17.7 Å². The molecule has 0 spiro atoms. The van der Waals surface area contributed by atoms with Crippen LogP contribution in [-0.4, -0.2) is 58.1 Å². The van der Waals surface area contributed by atoms with Crippen LogP contribution >= 0.6 is 0 Å². The number of aliphatic hydroxyl groups is 1. The van der Waals surface area contributed by atoms with Gasteiger partial charge in [-0.1, -0.05) is 18.2 Å². The van der Waals surface area contributed by atoms with Crippen molar-refractivity contribution in [2.24, 2.45) is 5.10 Å². The van der Waals surface area contributed by atoms with Crippen LogP contribution in [0.5, 0.6) is 5.75 Å². The molecular formula is C27H34N8O3. The maximum absolute atomic E-state index is 13.3. The van der Waals surface area contributed by atoms with Crippen LogP contribution in [0.25, 0.3) is 0 Å². The standard InChI is InChI=1S/C27H34N8O3/c1-5-22(9-6-8-18(2)25-31-32-33-35(25)19(3)17-36)30-26(37)23-14-21-16-34(27-28-11-7-12-29-27)13-10-20(21)15-24(23)38-4/h5-9,11-12,14-15,19,32-33,36H,10,13,16-17H2,1-4H3,(H,30,37)/b9-6-,18-8+,22-5-. The minimum atomic E-state index is -0.257. The molecule has 0 saturated heterocycles. The molecule has 200 valence electrons. The molecule has 0 saturated carbocycles. The van der Waals surface area contributed by atoms with E-state index >= 15 is 0 Å². The number of hydrazone groups is 1. The Morgan fingerprint density at radius 1 is 1.29 bits per heavy atom. The molecule has 2 aliphatic rings. The number of amidine groups is 1. The van der Waals surface area contributed by atoms with E-state index in [4.69, 9.17) is 4.74 Å². The van der Waals surface area contributed by atoms with Crippen LogP contribution < -0.4 is 26.0 Å². The van der Waals surface area contributed by atoms with Crippen LogP contribution in [0.3, 0.4) is 0 Å². The van der Waals surface area contributed by atoms with Crippen molar-refractivity contribution in [1.29, 1.82) is 0 Å². The number of amides is 1. The summed E-state index contributed by atoms with van der Waals surface area (Å²) >= 11 is 0. The molecule has 38 heavy (non-hydrogen) atoms. The minimum absolute atomic E-state index is 0.0181. The van der Waals surface area contributed by atoms with E-state index in [0.717, 1.165) is 29.7 Å². The van der Waals surface area contributed by atoms with Gasteiger partial charge in [0.05, 0.1) is 25.3 Å². The normalized spacial score (nSPS) is 16.7. The SMILES string of the molecule is C/C=C(/C=C\C=C(/C)C1=NNNN1C(C)CO)NC(=O)c1cc2c(cc1OC)CCN(c1ncccn1)C2. The second-order valence-corrected chi connectivity index (χ2v) is 9.01. The van der Waals surface area contributed by atoms with E-state index in [0.29, 0.717) is 35.3 Å². The van der Waals surface area contributed by atoms with E-state index in [-0.39, 0.29) is 18.6 Å². The number of nitrogens with one attached hydrogen (secondary N) is 3. The molecule has 1 atom stereocenters. The number of allylic oxidation sites excluding steroid dienone is 4. The topological polar surface area (TPSA) is 127 Å². The summed E-state index contributed by atoms with van der Waals surface area (Å²) in [4.78, 5) is 24.1. The zero-order valence-electron chi connectivity index (χ0n) is 22.1. The molecule has 4 rings (SSSR count). The number of aliphatic hydroxyl groups excluding tert-OH is 1. The van der Waals surface area contributed by atoms with E-state index in [1.54, 1.807) is 30.6 Å². The Labute approximate surface area is 222 Å². The Morgan fingerprint density at radius 2 is 2.08 bits per heavy atom. The van der Waals surface area contributed by atoms with Crippen LogP contribution in [0, 0.1) is 0 Å². The second kappa shape index (κ2) is 12.3. The molecule has 1 aromatic carbocycles. The molecular weight excluding hydrogens is 484 g/mol. The predicted octanol–water partition coefficient (Wildman–Crippen LogP) is 2.20. The molecule has 2 aliphatic heterocycles. The average molecular weight is 519 g/mol. The third-order valence-corrected chi connectivity index (χ3v) is 6.42. The number of ether oxygens (including phenoxy) is 1. The summed E-state index contributed by atoms with van der Waals surface area (Å²) in [6.07, 6.45) is 11.6. The molecule has 0 fully saturated rings. The lowest BCUT2D eigenvalue weighted by Gasteiger charge is -2.29. The van der Waals surface area contributed by atoms with Gasteiger partial charge in [0.15, 0.2) is 5.84 Å². The van der Waals surface area contributed by atoms with E-state index in [2.05, 4.69) is 36.4 Å². The monoisotopic (exact) mass is 518 g/mol. The fraction of sp³-hybridized carbons (Fsp3) is 0.333. The number of aromatic nitrogens is 2. The number of anilines is 1. The number of rotatable bonds is 9. The fourth-order valence-electron chi connectivity index (χ4n) is 4.25. The Balaban J connectivity index is 1.47. The van der Waals surface area contributed by atoms with Crippen molar-refractivity contribution in [3.05, 3.63) is 82.9 Å². The summed E-state index contributed by atoms with van der Waals surface area (Å²) in [7, 11) is 1.58. The summed E-state index contributed by atoms with van der Waals surface area (Å²) in [5.74, 6) is 1.63. The molecule has 1 unspecified atom stereocenters. The maximum atomic E-state index is 13.3. The number of hydrazine groups is 2. The van der Waals surface area contributed by atoms with E-state index < -0.39 is 0 Å². The summed E-state index contributed by atoms with van der Waals surface area (Å²) in [6.45, 7) is 7.05. The first-order chi connectivity index (χ1) is 18.4. The number of hydrogen-bond acceptors (Lipinski definition) is 10. The van der Waals surface area contributed by atoms with Gasteiger partial charge in [-0.25, -0.2) is 15.5 Å². The average Bonchev–Trinajstić information content (AvgIpc) is 3.45. The summed E-state index contributed by atoms with van der Waals surface area (Å²) in [6, 6.07) is 5.49. The molecule has 11 heteroatoms. The lowest BCUT2D eigenvalue weighted by molar-refractivity contribution is 0.0964. The minimum Gasteiger partial charge on any atom is -0.496 e. The van der Waals surface area contributed by atoms with Crippen molar-refractivity contribution in [1.82, 2.24) is 31.4 Å². The van der Waals surface area contributed by atoms with E-state index in [1.807, 2.05) is 57.2 Å². The molecule has 1 amide bonds. The highest BCUT2D eigenvalue weighted by Crippen LogP contribution is 2.29. The number of benzene rings is 1. The fourth-order valence-corrected chi connectivity index (χ4v) is 4.25. The van der Waals surface area contributed by atoms with Gasteiger partial charge in [-0.15, -0.1) is 10.6 Å². The lowest BCUT2D eigenvalue weighted by Crippen LogP contribution is -2.48. The lowest BCUT2D eigenvalue weighted by atomic mass is 9.96. The quantitative estimate of drug-likeness (QED) is 0.370. The molecule has 4 N–H and O–H groups in total. The first-order valence-electron chi connectivity index (χ1n) is 12.5. The highest BCUT2D eigenvalue weighted by molar-refractivity contribution is 5.99. The predicted molar refractivity (Wildman–Crippen MR) is 146 cm³/mol. The van der Waals surface area contributed by atoms with Crippen LogP contribution in [0.4, 0.5) is 5.95 Å². The Hall–Kier alpha value is -4.22. The highest BCUT2D eigenvalue weighted by atomic mass is 16.5. The van der Waals surface area contributed by atoms with Gasteiger partial charge >= 0.3 is 0 Å². The number of nitrogens with zero attached hydrogens (tertiary/aromatic N) is 5. The zero-order chi connectivity index (χ0) is 27.1. The van der Waals surface area contributed by atoms with Crippen molar-refractivity contribution in [3.8, 4) is 5.75 Å². The van der Waals surface area contributed by atoms with Crippen LogP contribution in [0.15, 0.2) is 71.3 Å². The summed E-state index contributed by atoms with van der Waals surface area (Å²) in [5.41, 5.74) is 9.80. The molecule has 2 aromatic rings. The van der Waals surface area contributed by atoms with Gasteiger partial charge in [-0.05, 0) is 68.2 Å². The van der Waals surface area contributed by atoms with Crippen molar-refractivity contribution in [2.75, 3.05) is 25.2 Å².